The number of rotatable bonds is 8. The summed E-state index contributed by atoms with van der Waals surface area (Å²) in [6.45, 7) is 0. The lowest BCUT2D eigenvalue weighted by molar-refractivity contribution is 1.57. The Morgan fingerprint density at radius 1 is 0.152 bits per heavy atom. The molecule has 0 radical (unpaired) electrons. The third kappa shape index (κ3) is 6.79. The second-order valence-electron chi connectivity index (χ2n) is 17.1. The maximum Gasteiger partial charge on any atom is -0.000117 e. The maximum atomic E-state index is 2.45. The van der Waals surface area contributed by atoms with Crippen LogP contribution in [0, 0.1) is 0 Å². The Kier molecular flexibility index (Phi) is 9.97. The SMILES string of the molecule is c1ccc(-c2ccc(-c3c4ccccc4c(-c4ccc(-c5ccccc5)c(-c5ccccc5)c4)c4c(-c5ccccc5)c5ccccc5c(-c5ccccc5)c34)c(-c3ccccc3)c2)cc1. The largest absolute Gasteiger partial charge is 0.0622 e. The number of fused-ring (bicyclic) bond motifs is 3. The van der Waals surface area contributed by atoms with Gasteiger partial charge in [0.05, 0.1) is 0 Å². The van der Waals surface area contributed by atoms with E-state index in [1.807, 2.05) is 0 Å². The highest BCUT2D eigenvalue weighted by atomic mass is 14.3. The van der Waals surface area contributed by atoms with Crippen LogP contribution >= 0.6 is 0 Å². The molecular formula is C66H44. The van der Waals surface area contributed by atoms with Gasteiger partial charge in [-0.1, -0.05) is 255 Å². The van der Waals surface area contributed by atoms with Crippen LogP contribution in [-0.2, 0) is 0 Å². The minimum absolute atomic E-state index is 1.18. The highest BCUT2D eigenvalue weighted by Crippen LogP contribution is 2.55. The molecule has 12 aromatic carbocycles. The van der Waals surface area contributed by atoms with Gasteiger partial charge in [-0.25, -0.2) is 0 Å². The van der Waals surface area contributed by atoms with Gasteiger partial charge in [0.2, 0.25) is 0 Å². The number of benzene rings is 12. The molecule has 66 heavy (non-hydrogen) atoms. The summed E-state index contributed by atoms with van der Waals surface area (Å²) in [5.74, 6) is 0. The molecule has 0 aromatic heterocycles. The van der Waals surface area contributed by atoms with Crippen LogP contribution in [0.2, 0.25) is 0 Å². The first-order valence-electron chi connectivity index (χ1n) is 22.8. The summed E-state index contributed by atoms with van der Waals surface area (Å²) >= 11 is 0. The lowest BCUT2D eigenvalue weighted by atomic mass is 9.76. The predicted molar refractivity (Wildman–Crippen MR) is 282 cm³/mol. The molecule has 0 saturated heterocycles. The Morgan fingerprint density at radius 3 is 0.894 bits per heavy atom. The van der Waals surface area contributed by atoms with Crippen molar-refractivity contribution >= 4 is 32.3 Å². The van der Waals surface area contributed by atoms with E-state index in [0.717, 1.165) is 0 Å². The Labute approximate surface area is 386 Å². The van der Waals surface area contributed by atoms with Crippen molar-refractivity contribution in [1.29, 1.82) is 0 Å². The molecule has 0 heteroatoms. The fraction of sp³-hybridized carbons (Fsp3) is 0. The van der Waals surface area contributed by atoms with Crippen LogP contribution < -0.4 is 0 Å². The monoisotopic (exact) mass is 836 g/mol. The molecule has 0 aliphatic rings. The van der Waals surface area contributed by atoms with Crippen molar-refractivity contribution in [2.75, 3.05) is 0 Å². The van der Waals surface area contributed by atoms with Gasteiger partial charge < -0.3 is 0 Å². The van der Waals surface area contributed by atoms with Crippen molar-refractivity contribution in [2.45, 2.75) is 0 Å². The minimum Gasteiger partial charge on any atom is -0.0622 e. The van der Waals surface area contributed by atoms with E-state index in [2.05, 4.69) is 267 Å². The van der Waals surface area contributed by atoms with Crippen LogP contribution in [0.4, 0.5) is 0 Å². The average molecular weight is 837 g/mol. The van der Waals surface area contributed by atoms with Crippen molar-refractivity contribution in [3.63, 3.8) is 0 Å². The summed E-state index contributed by atoms with van der Waals surface area (Å²) in [4.78, 5) is 0. The molecule has 0 heterocycles. The molecule has 0 nitrogen and oxygen atoms in total. The van der Waals surface area contributed by atoms with Gasteiger partial charge in [0, 0.05) is 0 Å². The summed E-state index contributed by atoms with van der Waals surface area (Å²) in [6.07, 6.45) is 0. The average Bonchev–Trinajstić information content (AvgIpc) is 3.40. The van der Waals surface area contributed by atoms with Crippen LogP contribution in [0.25, 0.3) is 121 Å². The quantitative estimate of drug-likeness (QED) is 0.134. The van der Waals surface area contributed by atoms with E-state index in [1.54, 1.807) is 0 Å². The van der Waals surface area contributed by atoms with E-state index >= 15 is 0 Å². The summed E-state index contributed by atoms with van der Waals surface area (Å²) < 4.78 is 0. The van der Waals surface area contributed by atoms with Crippen LogP contribution in [0.5, 0.6) is 0 Å². The summed E-state index contributed by atoms with van der Waals surface area (Å²) in [5, 5.41) is 7.36. The molecule has 0 N–H and O–H groups in total. The van der Waals surface area contributed by atoms with Crippen LogP contribution in [0.15, 0.2) is 267 Å². The zero-order valence-electron chi connectivity index (χ0n) is 36.4. The summed E-state index contributed by atoms with van der Waals surface area (Å²) in [5.41, 5.74) is 19.2. The molecule has 0 unspecified atom stereocenters. The molecule has 0 atom stereocenters. The van der Waals surface area contributed by atoms with Crippen LogP contribution in [-0.4, -0.2) is 0 Å². The molecule has 0 bridgehead atoms. The van der Waals surface area contributed by atoms with E-state index in [9.17, 15) is 0 Å². The molecule has 0 aliphatic heterocycles. The fourth-order valence-corrected chi connectivity index (χ4v) is 10.4. The Balaban J connectivity index is 1.32. The van der Waals surface area contributed by atoms with E-state index in [-0.39, 0.29) is 0 Å². The Morgan fingerprint density at radius 2 is 0.439 bits per heavy atom. The van der Waals surface area contributed by atoms with Crippen molar-refractivity contribution in [3.8, 4) is 89.0 Å². The van der Waals surface area contributed by atoms with Gasteiger partial charge in [0.15, 0.2) is 0 Å². The van der Waals surface area contributed by atoms with E-state index in [1.165, 1.54) is 121 Å². The fourth-order valence-electron chi connectivity index (χ4n) is 10.4. The van der Waals surface area contributed by atoms with E-state index in [4.69, 9.17) is 0 Å². The van der Waals surface area contributed by atoms with Crippen molar-refractivity contribution in [1.82, 2.24) is 0 Å². The topological polar surface area (TPSA) is 0 Å². The normalized spacial score (nSPS) is 11.3. The number of hydrogen-bond acceptors (Lipinski definition) is 0. The standard InChI is InChI=1S/C66H44/c1-7-23-45(24-8-1)51-39-42-58(60(43-51)48-29-13-4-14-30-48)64-57-38-22-21-37-56(57)63(52-40-41-53(46-25-9-2-10-26-46)59(44-52)47-27-11-3-12-28-47)65-61(49-31-15-5-16-32-49)54-35-19-20-36-55(54)62(66(64)65)50-33-17-6-18-34-50/h1-44H. The van der Waals surface area contributed by atoms with E-state index in [0.29, 0.717) is 0 Å². The highest BCUT2D eigenvalue weighted by molar-refractivity contribution is 6.34. The van der Waals surface area contributed by atoms with Gasteiger partial charge in [-0.3, -0.25) is 0 Å². The first kappa shape index (κ1) is 39.0. The van der Waals surface area contributed by atoms with Crippen LogP contribution in [0.3, 0.4) is 0 Å². The molecule has 308 valence electrons. The second-order valence-corrected chi connectivity index (χ2v) is 17.1. The summed E-state index contributed by atoms with van der Waals surface area (Å²) in [6, 6.07) is 98.1. The first-order valence-corrected chi connectivity index (χ1v) is 22.8. The van der Waals surface area contributed by atoms with Crippen molar-refractivity contribution < 1.29 is 0 Å². The van der Waals surface area contributed by atoms with Gasteiger partial charge in [0.1, 0.15) is 0 Å². The molecular weight excluding hydrogens is 793 g/mol. The maximum absolute atomic E-state index is 2.45. The minimum atomic E-state index is 1.18. The summed E-state index contributed by atoms with van der Waals surface area (Å²) in [7, 11) is 0. The zero-order valence-corrected chi connectivity index (χ0v) is 36.4. The van der Waals surface area contributed by atoms with E-state index < -0.39 is 0 Å². The molecule has 0 fully saturated rings. The molecule has 12 rings (SSSR count). The van der Waals surface area contributed by atoms with Crippen molar-refractivity contribution in [2.24, 2.45) is 0 Å². The third-order valence-electron chi connectivity index (χ3n) is 13.3. The molecule has 0 saturated carbocycles. The second kappa shape index (κ2) is 16.8. The molecule has 0 aliphatic carbocycles. The first-order chi connectivity index (χ1) is 32.8. The highest BCUT2D eigenvalue weighted by Gasteiger charge is 2.27. The van der Waals surface area contributed by atoms with Crippen LogP contribution in [0.1, 0.15) is 0 Å². The van der Waals surface area contributed by atoms with Gasteiger partial charge in [-0.2, -0.15) is 0 Å². The molecule has 0 spiro atoms. The van der Waals surface area contributed by atoms with Gasteiger partial charge in [-0.05, 0) is 133 Å². The third-order valence-corrected chi connectivity index (χ3v) is 13.3. The Bertz CT molecular complexity index is 3690. The molecule has 0 amide bonds. The Hall–Kier alpha value is -8.58. The van der Waals surface area contributed by atoms with Gasteiger partial charge in [-0.15, -0.1) is 0 Å². The molecule has 12 aromatic rings. The number of hydrogen-bond donors (Lipinski definition) is 0. The lowest BCUT2D eigenvalue weighted by Crippen LogP contribution is -1.99. The zero-order chi connectivity index (χ0) is 43.8. The lowest BCUT2D eigenvalue weighted by Gasteiger charge is -2.26. The van der Waals surface area contributed by atoms with Crippen molar-refractivity contribution in [3.05, 3.63) is 267 Å². The predicted octanol–water partition coefficient (Wildman–Crippen LogP) is 18.5. The smallest absolute Gasteiger partial charge is 0.000117 e. The van der Waals surface area contributed by atoms with Gasteiger partial charge in [0.25, 0.3) is 0 Å². The van der Waals surface area contributed by atoms with Gasteiger partial charge >= 0.3 is 0 Å².